The number of hydrogen-bond donors (Lipinski definition) is 0. The Labute approximate surface area is 287 Å². The maximum atomic E-state index is 6.52. The van der Waals surface area contributed by atoms with E-state index in [4.69, 9.17) is 19.4 Å². The van der Waals surface area contributed by atoms with Gasteiger partial charge >= 0.3 is 0 Å². The number of hydrogen-bond acceptors (Lipinski definition) is 4. The Balaban J connectivity index is 1.36. The summed E-state index contributed by atoms with van der Waals surface area (Å²) in [5, 5.41) is 4.40. The zero-order valence-corrected chi connectivity index (χ0v) is 26.9. The smallest absolute Gasteiger partial charge is 0.166 e. The first-order valence-electron chi connectivity index (χ1n) is 16.7. The first-order valence-corrected chi connectivity index (χ1v) is 16.7. The topological polar surface area (TPSA) is 56.7 Å². The molecule has 0 saturated carbocycles. The van der Waals surface area contributed by atoms with E-state index in [1.807, 2.05) is 78.9 Å². The number of rotatable bonds is 5. The summed E-state index contributed by atoms with van der Waals surface area (Å²) in [6.07, 6.45) is 0. The van der Waals surface area contributed by atoms with Crippen LogP contribution in [-0.2, 0) is 0 Å². The monoisotopic (exact) mass is 640 g/mol. The Hall–Kier alpha value is -6.85. The highest BCUT2D eigenvalue weighted by atomic mass is 16.3. The molecule has 10 rings (SSSR count). The Kier molecular flexibility index (Phi) is 6.42. The minimum absolute atomic E-state index is 0.588. The summed E-state index contributed by atoms with van der Waals surface area (Å²) in [4.78, 5) is 15.4. The lowest BCUT2D eigenvalue weighted by Crippen LogP contribution is -2.04. The molecule has 0 aliphatic rings. The summed E-state index contributed by atoms with van der Waals surface area (Å²) >= 11 is 0. The van der Waals surface area contributed by atoms with Crippen LogP contribution >= 0.6 is 0 Å². The van der Waals surface area contributed by atoms with Gasteiger partial charge in [-0.15, -0.1) is 0 Å². The molecule has 3 aromatic heterocycles. The molecule has 0 saturated heterocycles. The molecular formula is C45H28N4O. The minimum Gasteiger partial charge on any atom is -0.456 e. The summed E-state index contributed by atoms with van der Waals surface area (Å²) in [7, 11) is 0. The van der Waals surface area contributed by atoms with Gasteiger partial charge in [0.2, 0.25) is 0 Å². The fourth-order valence-electron chi connectivity index (χ4n) is 7.26. The zero-order valence-electron chi connectivity index (χ0n) is 26.9. The molecule has 3 heterocycles. The van der Waals surface area contributed by atoms with Gasteiger partial charge in [0.05, 0.1) is 22.1 Å². The molecule has 0 radical (unpaired) electrons. The minimum atomic E-state index is 0.588. The average molecular weight is 641 g/mol. The third-order valence-corrected chi connectivity index (χ3v) is 9.46. The van der Waals surface area contributed by atoms with Crippen LogP contribution in [0.5, 0.6) is 0 Å². The summed E-state index contributed by atoms with van der Waals surface area (Å²) in [5.74, 6) is 1.82. The van der Waals surface area contributed by atoms with Crippen LogP contribution in [-0.4, -0.2) is 19.5 Å². The Morgan fingerprint density at radius 3 is 1.62 bits per heavy atom. The second-order valence-corrected chi connectivity index (χ2v) is 12.4. The number of nitrogens with zero attached hydrogens (tertiary/aromatic N) is 4. The van der Waals surface area contributed by atoms with Gasteiger partial charge in [-0.25, -0.2) is 15.0 Å². The average Bonchev–Trinajstić information content (AvgIpc) is 3.74. The first kappa shape index (κ1) is 28.2. The molecule has 0 atom stereocenters. The van der Waals surface area contributed by atoms with Crippen LogP contribution in [0, 0.1) is 0 Å². The van der Waals surface area contributed by atoms with E-state index in [1.54, 1.807) is 0 Å². The number of aromatic nitrogens is 4. The molecule has 0 bridgehead atoms. The van der Waals surface area contributed by atoms with Gasteiger partial charge < -0.3 is 8.98 Å². The molecule has 0 aliphatic carbocycles. The van der Waals surface area contributed by atoms with Crippen molar-refractivity contribution in [1.29, 1.82) is 0 Å². The van der Waals surface area contributed by atoms with E-state index in [1.165, 1.54) is 21.9 Å². The standard InChI is InChI=1S/C45H28N4O/c1-4-15-29(16-5-1)32-23-14-25-37-40(32)33-21-10-12-24-36(33)49(37)42-35(27-28-39-41(42)34-22-11-13-26-38(34)50-39)45-47-43(30-17-6-2-7-18-30)46-44(48-45)31-19-8-3-9-20-31/h1-28H. The van der Waals surface area contributed by atoms with Gasteiger partial charge in [0, 0.05) is 32.8 Å². The van der Waals surface area contributed by atoms with Gasteiger partial charge in [-0.1, -0.05) is 140 Å². The maximum Gasteiger partial charge on any atom is 0.166 e. The van der Waals surface area contributed by atoms with Crippen LogP contribution in [0.4, 0.5) is 0 Å². The normalized spacial score (nSPS) is 11.6. The van der Waals surface area contributed by atoms with Crippen LogP contribution in [0.15, 0.2) is 174 Å². The summed E-state index contributed by atoms with van der Waals surface area (Å²) in [6, 6.07) is 58.5. The summed E-state index contributed by atoms with van der Waals surface area (Å²) in [6.45, 7) is 0. The second-order valence-electron chi connectivity index (χ2n) is 12.4. The molecule has 5 heteroatoms. The van der Waals surface area contributed by atoms with Crippen molar-refractivity contribution in [3.8, 4) is 51.0 Å². The summed E-state index contributed by atoms with van der Waals surface area (Å²) < 4.78 is 8.90. The number of para-hydroxylation sites is 2. The van der Waals surface area contributed by atoms with E-state index in [-0.39, 0.29) is 0 Å². The Morgan fingerprint density at radius 1 is 0.360 bits per heavy atom. The lowest BCUT2D eigenvalue weighted by Gasteiger charge is -2.16. The molecule has 10 aromatic rings. The Morgan fingerprint density at radius 2 is 0.920 bits per heavy atom. The molecule has 0 aliphatic heterocycles. The van der Waals surface area contributed by atoms with E-state index >= 15 is 0 Å². The number of furan rings is 1. The lowest BCUT2D eigenvalue weighted by atomic mass is 9.99. The molecule has 234 valence electrons. The van der Waals surface area contributed by atoms with Crippen LogP contribution in [0.1, 0.15) is 0 Å². The van der Waals surface area contributed by atoms with Crippen molar-refractivity contribution >= 4 is 43.7 Å². The van der Waals surface area contributed by atoms with Crippen molar-refractivity contribution in [2.75, 3.05) is 0 Å². The zero-order chi connectivity index (χ0) is 33.0. The quantitative estimate of drug-likeness (QED) is 0.188. The van der Waals surface area contributed by atoms with Crippen molar-refractivity contribution < 1.29 is 4.42 Å². The van der Waals surface area contributed by atoms with Gasteiger partial charge in [0.25, 0.3) is 0 Å². The van der Waals surface area contributed by atoms with Crippen molar-refractivity contribution in [2.45, 2.75) is 0 Å². The predicted octanol–water partition coefficient (Wildman–Crippen LogP) is 11.5. The van der Waals surface area contributed by atoms with Gasteiger partial charge in [0.15, 0.2) is 17.5 Å². The molecule has 0 unspecified atom stereocenters. The van der Waals surface area contributed by atoms with E-state index in [0.29, 0.717) is 17.5 Å². The van der Waals surface area contributed by atoms with Gasteiger partial charge in [-0.05, 0) is 41.5 Å². The van der Waals surface area contributed by atoms with Crippen molar-refractivity contribution in [2.24, 2.45) is 0 Å². The van der Waals surface area contributed by atoms with Gasteiger partial charge in [-0.2, -0.15) is 0 Å². The van der Waals surface area contributed by atoms with Crippen molar-refractivity contribution in [1.82, 2.24) is 19.5 Å². The number of fused-ring (bicyclic) bond motifs is 6. The number of benzene rings is 7. The van der Waals surface area contributed by atoms with Crippen molar-refractivity contribution in [3.63, 3.8) is 0 Å². The van der Waals surface area contributed by atoms with Crippen LogP contribution < -0.4 is 0 Å². The highest BCUT2D eigenvalue weighted by Gasteiger charge is 2.25. The predicted molar refractivity (Wildman–Crippen MR) is 203 cm³/mol. The van der Waals surface area contributed by atoms with Gasteiger partial charge in [-0.3, -0.25) is 0 Å². The molecule has 7 aromatic carbocycles. The van der Waals surface area contributed by atoms with E-state index in [9.17, 15) is 0 Å². The fraction of sp³-hybridized carbons (Fsp3) is 0. The largest absolute Gasteiger partial charge is 0.456 e. The first-order chi connectivity index (χ1) is 24.8. The molecule has 5 nitrogen and oxygen atoms in total. The lowest BCUT2D eigenvalue weighted by molar-refractivity contribution is 0.669. The molecule has 0 N–H and O–H groups in total. The maximum absolute atomic E-state index is 6.52. The van der Waals surface area contributed by atoms with Crippen LogP contribution in [0.25, 0.3) is 94.7 Å². The van der Waals surface area contributed by atoms with Gasteiger partial charge in [0.1, 0.15) is 11.2 Å². The molecule has 50 heavy (non-hydrogen) atoms. The molecule has 0 fully saturated rings. The van der Waals surface area contributed by atoms with Crippen LogP contribution in [0.3, 0.4) is 0 Å². The highest BCUT2D eigenvalue weighted by molar-refractivity contribution is 6.19. The highest BCUT2D eigenvalue weighted by Crippen LogP contribution is 2.45. The van der Waals surface area contributed by atoms with E-state index in [0.717, 1.165) is 55.3 Å². The SMILES string of the molecule is c1ccc(-c2nc(-c3ccccc3)nc(-c3ccc4oc5ccccc5c4c3-n3c4ccccc4c4c(-c5ccccc5)cccc43)n2)cc1. The molecule has 0 amide bonds. The van der Waals surface area contributed by atoms with Crippen molar-refractivity contribution in [3.05, 3.63) is 170 Å². The van der Waals surface area contributed by atoms with Crippen LogP contribution in [0.2, 0.25) is 0 Å². The third kappa shape index (κ3) is 4.45. The Bertz CT molecular complexity index is 2800. The summed E-state index contributed by atoms with van der Waals surface area (Å²) in [5.41, 5.74) is 9.86. The fourth-order valence-corrected chi connectivity index (χ4v) is 7.26. The molecular weight excluding hydrogens is 613 g/mol. The molecule has 0 spiro atoms. The van der Waals surface area contributed by atoms with E-state index < -0.39 is 0 Å². The van der Waals surface area contributed by atoms with E-state index in [2.05, 4.69) is 95.6 Å². The third-order valence-electron chi connectivity index (χ3n) is 9.46. The second kappa shape index (κ2) is 11.4.